The monoisotopic (exact) mass is 384 g/mol. The molecule has 3 rings (SSSR count). The minimum atomic E-state index is -0.450. The van der Waals surface area contributed by atoms with Gasteiger partial charge in [-0.15, -0.1) is 0 Å². The predicted octanol–water partition coefficient (Wildman–Crippen LogP) is 5.45. The van der Waals surface area contributed by atoms with Crippen LogP contribution >= 0.6 is 0 Å². The van der Waals surface area contributed by atoms with E-state index in [2.05, 4.69) is 13.5 Å². The molecule has 2 aliphatic carbocycles. The lowest BCUT2D eigenvalue weighted by Crippen LogP contribution is -2.29. The molecule has 152 valence electrons. The van der Waals surface area contributed by atoms with Gasteiger partial charge in [0.15, 0.2) is 0 Å². The minimum Gasteiger partial charge on any atom is -0.458 e. The lowest BCUT2D eigenvalue weighted by molar-refractivity contribution is -0.140. The molecule has 0 unspecified atom stereocenters. The molecule has 2 aliphatic rings. The van der Waals surface area contributed by atoms with Crippen molar-refractivity contribution in [3.05, 3.63) is 42.5 Å². The number of esters is 2. The fourth-order valence-corrected chi connectivity index (χ4v) is 4.65. The van der Waals surface area contributed by atoms with Gasteiger partial charge >= 0.3 is 11.9 Å². The Morgan fingerprint density at radius 3 is 2.11 bits per heavy atom. The van der Waals surface area contributed by atoms with Crippen LogP contribution in [-0.4, -0.2) is 11.9 Å². The maximum absolute atomic E-state index is 12.5. The van der Waals surface area contributed by atoms with Crippen LogP contribution in [0.4, 0.5) is 0 Å². The summed E-state index contributed by atoms with van der Waals surface area (Å²) < 4.78 is 10.6. The molecule has 0 N–H and O–H groups in total. The van der Waals surface area contributed by atoms with Crippen molar-refractivity contribution in [2.45, 2.75) is 64.9 Å². The van der Waals surface area contributed by atoms with Crippen molar-refractivity contribution in [2.24, 2.45) is 23.7 Å². The SMILES string of the molecule is C=CC(=O)OCc1ccc(OC(=O)C2CCC(C3CCC(C)CC3)CC2)cc1. The van der Waals surface area contributed by atoms with Crippen LogP contribution in [0, 0.1) is 23.7 Å². The molecule has 0 heterocycles. The van der Waals surface area contributed by atoms with E-state index in [1.807, 2.05) is 0 Å². The third-order valence-electron chi connectivity index (χ3n) is 6.52. The molecular formula is C24H32O4. The molecule has 0 bridgehead atoms. The van der Waals surface area contributed by atoms with E-state index >= 15 is 0 Å². The first-order valence-electron chi connectivity index (χ1n) is 10.6. The van der Waals surface area contributed by atoms with Crippen molar-refractivity contribution in [3.63, 3.8) is 0 Å². The van der Waals surface area contributed by atoms with Gasteiger partial charge in [0.25, 0.3) is 0 Å². The second kappa shape index (κ2) is 9.90. The molecule has 4 heteroatoms. The number of hydrogen-bond donors (Lipinski definition) is 0. The van der Waals surface area contributed by atoms with Crippen molar-refractivity contribution >= 4 is 11.9 Å². The highest BCUT2D eigenvalue weighted by Crippen LogP contribution is 2.41. The largest absolute Gasteiger partial charge is 0.458 e. The van der Waals surface area contributed by atoms with Gasteiger partial charge in [0.1, 0.15) is 12.4 Å². The number of hydrogen-bond acceptors (Lipinski definition) is 4. The molecule has 0 atom stereocenters. The summed E-state index contributed by atoms with van der Waals surface area (Å²) in [4.78, 5) is 23.6. The van der Waals surface area contributed by atoms with Gasteiger partial charge in [-0.3, -0.25) is 4.79 Å². The van der Waals surface area contributed by atoms with Crippen LogP contribution < -0.4 is 4.74 Å². The van der Waals surface area contributed by atoms with Gasteiger partial charge in [-0.1, -0.05) is 38.5 Å². The van der Waals surface area contributed by atoms with Crippen LogP contribution in [0.25, 0.3) is 0 Å². The fraction of sp³-hybridized carbons (Fsp3) is 0.583. The Morgan fingerprint density at radius 1 is 0.964 bits per heavy atom. The Morgan fingerprint density at radius 2 is 1.54 bits per heavy atom. The first-order valence-corrected chi connectivity index (χ1v) is 10.6. The molecule has 0 aromatic heterocycles. The zero-order valence-corrected chi connectivity index (χ0v) is 16.9. The molecule has 1 aromatic rings. The van der Waals surface area contributed by atoms with Crippen LogP contribution in [0.1, 0.15) is 63.9 Å². The Labute approximate surface area is 168 Å². The highest BCUT2D eigenvalue weighted by atomic mass is 16.5. The standard InChI is InChI=1S/C24H32O4/c1-3-23(25)27-16-18-6-14-22(15-7-18)28-24(26)21-12-10-20(11-13-21)19-8-4-17(2)5-9-19/h3,6-7,14-15,17,19-21H,1,4-5,8-13,16H2,2H3. The van der Waals surface area contributed by atoms with E-state index in [0.717, 1.165) is 55.1 Å². The Hall–Kier alpha value is -2.10. The second-order valence-electron chi connectivity index (χ2n) is 8.51. The molecule has 4 nitrogen and oxygen atoms in total. The Bertz CT molecular complexity index is 662. The number of ether oxygens (including phenoxy) is 2. The summed E-state index contributed by atoms with van der Waals surface area (Å²) in [6.45, 7) is 5.91. The Balaban J connectivity index is 1.43. The van der Waals surface area contributed by atoms with E-state index in [4.69, 9.17) is 9.47 Å². The zero-order valence-electron chi connectivity index (χ0n) is 16.9. The van der Waals surface area contributed by atoms with E-state index in [1.165, 1.54) is 25.7 Å². The Kier molecular flexibility index (Phi) is 7.30. The van der Waals surface area contributed by atoms with E-state index in [-0.39, 0.29) is 18.5 Å². The van der Waals surface area contributed by atoms with Gasteiger partial charge in [0, 0.05) is 6.08 Å². The third kappa shape index (κ3) is 5.70. The predicted molar refractivity (Wildman–Crippen MR) is 109 cm³/mol. The van der Waals surface area contributed by atoms with E-state index in [9.17, 15) is 9.59 Å². The summed E-state index contributed by atoms with van der Waals surface area (Å²) >= 11 is 0. The maximum atomic E-state index is 12.5. The summed E-state index contributed by atoms with van der Waals surface area (Å²) in [7, 11) is 0. The lowest BCUT2D eigenvalue weighted by atomic mass is 9.69. The van der Waals surface area contributed by atoms with Crippen molar-refractivity contribution < 1.29 is 19.1 Å². The zero-order chi connectivity index (χ0) is 19.9. The van der Waals surface area contributed by atoms with Crippen LogP contribution in [-0.2, 0) is 20.9 Å². The summed E-state index contributed by atoms with van der Waals surface area (Å²) in [5.41, 5.74) is 0.845. The van der Waals surface area contributed by atoms with Crippen LogP contribution in [0.15, 0.2) is 36.9 Å². The second-order valence-corrected chi connectivity index (χ2v) is 8.51. The molecule has 0 radical (unpaired) electrons. The van der Waals surface area contributed by atoms with Crippen molar-refractivity contribution in [1.82, 2.24) is 0 Å². The summed E-state index contributed by atoms with van der Waals surface area (Å²) in [5, 5.41) is 0. The van der Waals surface area contributed by atoms with Crippen LogP contribution in [0.5, 0.6) is 5.75 Å². The lowest BCUT2D eigenvalue weighted by Gasteiger charge is -2.36. The van der Waals surface area contributed by atoms with Crippen molar-refractivity contribution in [3.8, 4) is 5.75 Å². The van der Waals surface area contributed by atoms with E-state index < -0.39 is 5.97 Å². The van der Waals surface area contributed by atoms with Gasteiger partial charge < -0.3 is 9.47 Å². The molecule has 28 heavy (non-hydrogen) atoms. The molecule has 0 saturated heterocycles. The smallest absolute Gasteiger partial charge is 0.330 e. The number of carbonyl (C=O) groups is 2. The molecule has 0 spiro atoms. The normalized spacial score (nSPS) is 27.6. The third-order valence-corrected chi connectivity index (χ3v) is 6.52. The number of benzene rings is 1. The fourth-order valence-electron chi connectivity index (χ4n) is 4.65. The summed E-state index contributed by atoms with van der Waals surface area (Å²) in [6, 6.07) is 7.12. The topological polar surface area (TPSA) is 52.6 Å². The first kappa shape index (κ1) is 20.6. The quantitative estimate of drug-likeness (QED) is 0.371. The van der Waals surface area contributed by atoms with E-state index in [1.54, 1.807) is 24.3 Å². The average molecular weight is 385 g/mol. The van der Waals surface area contributed by atoms with Gasteiger partial charge in [0.2, 0.25) is 0 Å². The molecule has 0 amide bonds. The average Bonchev–Trinajstić information content (AvgIpc) is 2.73. The molecule has 1 aromatic carbocycles. The highest BCUT2D eigenvalue weighted by molar-refractivity contribution is 5.81. The van der Waals surface area contributed by atoms with Crippen LogP contribution in [0.2, 0.25) is 0 Å². The highest BCUT2D eigenvalue weighted by Gasteiger charge is 2.33. The summed E-state index contributed by atoms with van der Waals surface area (Å²) in [6.07, 6.45) is 10.8. The first-order chi connectivity index (χ1) is 13.5. The van der Waals surface area contributed by atoms with Gasteiger partial charge in [-0.25, -0.2) is 4.79 Å². The summed E-state index contributed by atoms with van der Waals surface area (Å²) in [5.74, 6) is 2.57. The molecule has 0 aliphatic heterocycles. The molecular weight excluding hydrogens is 352 g/mol. The van der Waals surface area contributed by atoms with Crippen molar-refractivity contribution in [2.75, 3.05) is 0 Å². The van der Waals surface area contributed by atoms with E-state index in [0.29, 0.717) is 5.75 Å². The van der Waals surface area contributed by atoms with Gasteiger partial charge in [-0.05, 0) is 74.0 Å². The maximum Gasteiger partial charge on any atom is 0.330 e. The van der Waals surface area contributed by atoms with Crippen LogP contribution in [0.3, 0.4) is 0 Å². The molecule has 2 fully saturated rings. The molecule has 2 saturated carbocycles. The number of rotatable bonds is 6. The van der Waals surface area contributed by atoms with Crippen molar-refractivity contribution in [1.29, 1.82) is 0 Å². The van der Waals surface area contributed by atoms with Gasteiger partial charge in [-0.2, -0.15) is 0 Å². The minimum absolute atomic E-state index is 0.0204. The number of carbonyl (C=O) groups excluding carboxylic acids is 2. The van der Waals surface area contributed by atoms with Gasteiger partial charge in [0.05, 0.1) is 5.92 Å².